The van der Waals surface area contributed by atoms with E-state index in [0.717, 1.165) is 13.1 Å². The zero-order valence-electron chi connectivity index (χ0n) is 16.0. The molecule has 0 spiro atoms. The van der Waals surface area contributed by atoms with Gasteiger partial charge < -0.3 is 10.2 Å². The van der Waals surface area contributed by atoms with Gasteiger partial charge in [-0.05, 0) is 43.5 Å². The molecular formula is C20H29FN4O2. The van der Waals surface area contributed by atoms with Crippen molar-refractivity contribution in [3.05, 3.63) is 30.1 Å². The third kappa shape index (κ3) is 6.01. The standard InChI is InChI=1S/C20H29FN4O2/c1-16-4-3-7-24(13-16)15-20(27)25-10-8-23(9-11-25)14-19(26)22-18-6-2-5-17(21)12-18/h2,5-6,12,16H,3-4,7-11,13-15H2,1H3,(H,22,26)/t16-/m1/s1. The molecule has 0 unspecified atom stereocenters. The first-order valence-corrected chi connectivity index (χ1v) is 9.77. The van der Waals surface area contributed by atoms with Crippen molar-refractivity contribution in [1.29, 1.82) is 0 Å². The summed E-state index contributed by atoms with van der Waals surface area (Å²) in [5, 5.41) is 2.71. The first kappa shape index (κ1) is 19.8. The van der Waals surface area contributed by atoms with E-state index in [1.54, 1.807) is 12.1 Å². The molecule has 2 aliphatic rings. The Morgan fingerprint density at radius 1 is 1.11 bits per heavy atom. The number of amides is 2. The molecule has 0 aromatic heterocycles. The van der Waals surface area contributed by atoms with Gasteiger partial charge in [-0.2, -0.15) is 0 Å². The first-order chi connectivity index (χ1) is 13.0. The zero-order valence-corrected chi connectivity index (χ0v) is 16.0. The number of rotatable bonds is 5. The second kappa shape index (κ2) is 9.28. The molecule has 2 fully saturated rings. The van der Waals surface area contributed by atoms with Crippen LogP contribution in [0.4, 0.5) is 10.1 Å². The Kier molecular flexibility index (Phi) is 6.79. The van der Waals surface area contributed by atoms with Crippen LogP contribution in [0.5, 0.6) is 0 Å². The summed E-state index contributed by atoms with van der Waals surface area (Å²) >= 11 is 0. The van der Waals surface area contributed by atoms with Gasteiger partial charge in [0.2, 0.25) is 11.8 Å². The molecule has 0 aliphatic carbocycles. The van der Waals surface area contributed by atoms with E-state index in [9.17, 15) is 14.0 Å². The van der Waals surface area contributed by atoms with Crippen LogP contribution in [0.3, 0.4) is 0 Å². The van der Waals surface area contributed by atoms with E-state index in [1.165, 1.54) is 25.0 Å². The summed E-state index contributed by atoms with van der Waals surface area (Å²) in [6, 6.07) is 5.88. The topological polar surface area (TPSA) is 55.9 Å². The van der Waals surface area contributed by atoms with Gasteiger partial charge in [0, 0.05) is 38.4 Å². The molecule has 1 N–H and O–H groups in total. The Morgan fingerprint density at radius 3 is 2.59 bits per heavy atom. The highest BCUT2D eigenvalue weighted by atomic mass is 19.1. The van der Waals surface area contributed by atoms with Crippen LogP contribution < -0.4 is 5.32 Å². The van der Waals surface area contributed by atoms with Crippen LogP contribution in [-0.2, 0) is 9.59 Å². The minimum Gasteiger partial charge on any atom is -0.339 e. The molecule has 0 saturated carbocycles. The normalized spacial score (nSPS) is 21.9. The Bertz CT molecular complexity index is 661. The number of likely N-dealkylation sites (tertiary alicyclic amines) is 1. The highest BCUT2D eigenvalue weighted by molar-refractivity contribution is 5.92. The SMILES string of the molecule is C[C@@H]1CCCN(CC(=O)N2CCN(CC(=O)Nc3cccc(F)c3)CC2)C1. The van der Waals surface area contributed by atoms with Crippen molar-refractivity contribution in [2.24, 2.45) is 5.92 Å². The molecule has 7 heteroatoms. The molecule has 6 nitrogen and oxygen atoms in total. The van der Waals surface area contributed by atoms with Gasteiger partial charge in [-0.25, -0.2) is 4.39 Å². The molecule has 1 atom stereocenters. The quantitative estimate of drug-likeness (QED) is 0.849. The lowest BCUT2D eigenvalue weighted by Crippen LogP contribution is -2.53. The third-order valence-corrected chi connectivity index (χ3v) is 5.30. The van der Waals surface area contributed by atoms with Gasteiger partial charge in [0.05, 0.1) is 13.1 Å². The van der Waals surface area contributed by atoms with E-state index in [4.69, 9.17) is 0 Å². The van der Waals surface area contributed by atoms with Gasteiger partial charge in [-0.3, -0.25) is 19.4 Å². The van der Waals surface area contributed by atoms with Crippen molar-refractivity contribution in [1.82, 2.24) is 14.7 Å². The number of piperidine rings is 1. The number of piperazine rings is 1. The van der Waals surface area contributed by atoms with E-state index in [2.05, 4.69) is 17.1 Å². The van der Waals surface area contributed by atoms with Gasteiger partial charge in [0.1, 0.15) is 5.82 Å². The molecule has 0 radical (unpaired) electrons. The Morgan fingerprint density at radius 2 is 1.89 bits per heavy atom. The fourth-order valence-corrected chi connectivity index (χ4v) is 3.85. The average Bonchev–Trinajstić information content (AvgIpc) is 2.62. The maximum Gasteiger partial charge on any atom is 0.238 e. The van der Waals surface area contributed by atoms with E-state index in [0.29, 0.717) is 44.3 Å². The molecule has 1 aromatic rings. The molecule has 2 aliphatic heterocycles. The molecule has 148 valence electrons. The summed E-state index contributed by atoms with van der Waals surface area (Å²) in [6.45, 7) is 7.67. The summed E-state index contributed by atoms with van der Waals surface area (Å²) < 4.78 is 13.2. The van der Waals surface area contributed by atoms with Crippen LogP contribution in [0.15, 0.2) is 24.3 Å². The number of benzene rings is 1. The number of hydrogen-bond donors (Lipinski definition) is 1. The van der Waals surface area contributed by atoms with Crippen molar-refractivity contribution in [3.63, 3.8) is 0 Å². The predicted octanol–water partition coefficient (Wildman–Crippen LogP) is 1.64. The number of nitrogens with zero attached hydrogens (tertiary/aromatic N) is 3. The largest absolute Gasteiger partial charge is 0.339 e. The Hall–Kier alpha value is -1.99. The number of anilines is 1. The molecule has 1 aromatic carbocycles. The van der Waals surface area contributed by atoms with Crippen LogP contribution in [0.2, 0.25) is 0 Å². The summed E-state index contributed by atoms with van der Waals surface area (Å²) in [5.41, 5.74) is 0.463. The van der Waals surface area contributed by atoms with Crippen LogP contribution in [-0.4, -0.2) is 78.9 Å². The van der Waals surface area contributed by atoms with Crippen LogP contribution >= 0.6 is 0 Å². The van der Waals surface area contributed by atoms with Crippen molar-refractivity contribution in [2.45, 2.75) is 19.8 Å². The van der Waals surface area contributed by atoms with E-state index in [-0.39, 0.29) is 24.2 Å². The molecule has 27 heavy (non-hydrogen) atoms. The lowest BCUT2D eigenvalue weighted by Gasteiger charge is -2.36. The van der Waals surface area contributed by atoms with Crippen molar-refractivity contribution in [2.75, 3.05) is 57.7 Å². The van der Waals surface area contributed by atoms with Crippen molar-refractivity contribution < 1.29 is 14.0 Å². The summed E-state index contributed by atoms with van der Waals surface area (Å²) in [5.74, 6) is 0.318. The van der Waals surface area contributed by atoms with Gasteiger partial charge in [-0.15, -0.1) is 0 Å². The van der Waals surface area contributed by atoms with Crippen molar-refractivity contribution >= 4 is 17.5 Å². The number of hydrogen-bond acceptors (Lipinski definition) is 4. The van der Waals surface area contributed by atoms with Crippen molar-refractivity contribution in [3.8, 4) is 0 Å². The van der Waals surface area contributed by atoms with E-state index >= 15 is 0 Å². The second-order valence-electron chi connectivity index (χ2n) is 7.70. The predicted molar refractivity (Wildman–Crippen MR) is 103 cm³/mol. The van der Waals surface area contributed by atoms with Gasteiger partial charge in [0.15, 0.2) is 0 Å². The summed E-state index contributed by atoms with van der Waals surface area (Å²) in [4.78, 5) is 30.9. The van der Waals surface area contributed by atoms with Crippen LogP contribution in [0.25, 0.3) is 0 Å². The first-order valence-electron chi connectivity index (χ1n) is 9.77. The lowest BCUT2D eigenvalue weighted by molar-refractivity contribution is -0.134. The molecule has 0 bridgehead atoms. The fraction of sp³-hybridized carbons (Fsp3) is 0.600. The Balaban J connectivity index is 1.39. The monoisotopic (exact) mass is 376 g/mol. The smallest absolute Gasteiger partial charge is 0.238 e. The van der Waals surface area contributed by atoms with E-state index in [1.807, 2.05) is 9.80 Å². The number of carbonyl (C=O) groups is 2. The molecule has 3 rings (SSSR count). The van der Waals surface area contributed by atoms with Crippen LogP contribution in [0.1, 0.15) is 19.8 Å². The molecular weight excluding hydrogens is 347 g/mol. The second-order valence-corrected chi connectivity index (χ2v) is 7.70. The number of halogens is 1. The minimum absolute atomic E-state index is 0.164. The Labute approximate surface area is 160 Å². The molecule has 2 heterocycles. The fourth-order valence-electron chi connectivity index (χ4n) is 3.85. The molecule has 2 amide bonds. The average molecular weight is 376 g/mol. The van der Waals surface area contributed by atoms with Gasteiger partial charge in [-0.1, -0.05) is 13.0 Å². The summed E-state index contributed by atoms with van der Waals surface area (Å²) in [6.07, 6.45) is 2.42. The van der Waals surface area contributed by atoms with E-state index < -0.39 is 0 Å². The number of nitrogens with one attached hydrogen (secondary N) is 1. The highest BCUT2D eigenvalue weighted by Crippen LogP contribution is 2.15. The lowest BCUT2D eigenvalue weighted by atomic mass is 10.0. The maximum absolute atomic E-state index is 13.2. The number of carbonyl (C=O) groups excluding carboxylic acids is 2. The maximum atomic E-state index is 13.2. The highest BCUT2D eigenvalue weighted by Gasteiger charge is 2.25. The van der Waals surface area contributed by atoms with Crippen LogP contribution in [0, 0.1) is 11.7 Å². The third-order valence-electron chi connectivity index (χ3n) is 5.30. The summed E-state index contributed by atoms with van der Waals surface area (Å²) in [7, 11) is 0. The molecule has 2 saturated heterocycles. The van der Waals surface area contributed by atoms with Gasteiger partial charge >= 0.3 is 0 Å². The zero-order chi connectivity index (χ0) is 19.2. The van der Waals surface area contributed by atoms with Gasteiger partial charge in [0.25, 0.3) is 0 Å². The minimum atomic E-state index is -0.372.